The van der Waals surface area contributed by atoms with E-state index in [0.717, 1.165) is 30.4 Å². The quantitative estimate of drug-likeness (QED) is 0.824. The summed E-state index contributed by atoms with van der Waals surface area (Å²) in [6.07, 6.45) is 1.86. The minimum absolute atomic E-state index is 0.139. The Bertz CT molecular complexity index is 665. The van der Waals surface area contributed by atoms with Gasteiger partial charge in [-0.15, -0.1) is 0 Å². The van der Waals surface area contributed by atoms with Crippen LogP contribution in [0.1, 0.15) is 33.8 Å². The molecule has 0 bridgehead atoms. The van der Waals surface area contributed by atoms with Gasteiger partial charge < -0.3 is 14.8 Å². The molecular weight excluding hydrogens is 290 g/mol. The average Bonchev–Trinajstić information content (AvgIpc) is 2.92. The molecule has 0 fully saturated rings. The zero-order valence-corrected chi connectivity index (χ0v) is 14.7. The number of aliphatic hydroxyl groups is 1. The molecule has 5 heteroatoms. The number of aliphatic hydroxyl groups excluding tert-OH is 1. The SMILES string of the molecule is COc1cc(C)c(CN(CCO)Cc2cnc(C)[nH]2)c(C)c1C. The van der Waals surface area contributed by atoms with Crippen molar-refractivity contribution in [2.24, 2.45) is 0 Å². The fourth-order valence-corrected chi connectivity index (χ4v) is 2.93. The molecule has 0 amide bonds. The number of nitrogens with one attached hydrogen (secondary N) is 1. The smallest absolute Gasteiger partial charge is 0.122 e. The molecule has 126 valence electrons. The Morgan fingerprint density at radius 3 is 2.48 bits per heavy atom. The first-order valence-corrected chi connectivity index (χ1v) is 7.93. The summed E-state index contributed by atoms with van der Waals surface area (Å²) in [7, 11) is 1.71. The highest BCUT2D eigenvalue weighted by Crippen LogP contribution is 2.28. The number of methoxy groups -OCH3 is 1. The van der Waals surface area contributed by atoms with Crippen LogP contribution in [0.5, 0.6) is 5.75 Å². The molecule has 2 N–H and O–H groups in total. The van der Waals surface area contributed by atoms with Gasteiger partial charge in [0.15, 0.2) is 0 Å². The number of hydrogen-bond acceptors (Lipinski definition) is 4. The van der Waals surface area contributed by atoms with Gasteiger partial charge in [0.05, 0.1) is 13.7 Å². The Morgan fingerprint density at radius 1 is 1.17 bits per heavy atom. The van der Waals surface area contributed by atoms with Crippen molar-refractivity contribution in [3.8, 4) is 5.75 Å². The van der Waals surface area contributed by atoms with Crippen molar-refractivity contribution in [3.63, 3.8) is 0 Å². The third-order valence-corrected chi connectivity index (χ3v) is 4.38. The summed E-state index contributed by atoms with van der Waals surface area (Å²) in [6, 6.07) is 2.09. The van der Waals surface area contributed by atoms with E-state index in [2.05, 4.69) is 41.7 Å². The van der Waals surface area contributed by atoms with Gasteiger partial charge in [-0.3, -0.25) is 4.90 Å². The normalized spacial score (nSPS) is 11.3. The van der Waals surface area contributed by atoms with Gasteiger partial charge in [0.25, 0.3) is 0 Å². The van der Waals surface area contributed by atoms with Gasteiger partial charge in [-0.05, 0) is 56.0 Å². The lowest BCUT2D eigenvalue weighted by atomic mass is 9.97. The summed E-state index contributed by atoms with van der Waals surface area (Å²) in [5.41, 5.74) is 6.01. The highest BCUT2D eigenvalue weighted by Gasteiger charge is 2.15. The minimum Gasteiger partial charge on any atom is -0.496 e. The lowest BCUT2D eigenvalue weighted by molar-refractivity contribution is 0.182. The van der Waals surface area contributed by atoms with Crippen LogP contribution in [0.3, 0.4) is 0 Å². The molecule has 0 atom stereocenters. The van der Waals surface area contributed by atoms with Crippen LogP contribution in [0.25, 0.3) is 0 Å². The van der Waals surface area contributed by atoms with Crippen LogP contribution in [0, 0.1) is 27.7 Å². The molecule has 1 aromatic heterocycles. The molecule has 23 heavy (non-hydrogen) atoms. The second-order valence-corrected chi connectivity index (χ2v) is 6.05. The zero-order valence-electron chi connectivity index (χ0n) is 14.7. The first-order valence-electron chi connectivity index (χ1n) is 7.93. The minimum atomic E-state index is 0.139. The van der Waals surface area contributed by atoms with E-state index in [4.69, 9.17) is 4.74 Å². The van der Waals surface area contributed by atoms with Crippen molar-refractivity contribution in [3.05, 3.63) is 46.0 Å². The third-order valence-electron chi connectivity index (χ3n) is 4.38. The summed E-state index contributed by atoms with van der Waals surface area (Å²) in [5.74, 6) is 1.85. The lowest BCUT2D eigenvalue weighted by Crippen LogP contribution is -2.27. The number of imidazole rings is 1. The van der Waals surface area contributed by atoms with E-state index in [9.17, 15) is 5.11 Å². The number of aryl methyl sites for hydroxylation is 2. The van der Waals surface area contributed by atoms with Crippen LogP contribution in [-0.2, 0) is 13.1 Å². The van der Waals surface area contributed by atoms with Crippen molar-refractivity contribution in [2.45, 2.75) is 40.8 Å². The average molecular weight is 317 g/mol. The fraction of sp³-hybridized carbons (Fsp3) is 0.500. The van der Waals surface area contributed by atoms with Gasteiger partial charge in [-0.2, -0.15) is 0 Å². The van der Waals surface area contributed by atoms with Gasteiger partial charge in [0.2, 0.25) is 0 Å². The lowest BCUT2D eigenvalue weighted by Gasteiger charge is -2.24. The van der Waals surface area contributed by atoms with E-state index >= 15 is 0 Å². The van der Waals surface area contributed by atoms with Crippen LogP contribution >= 0.6 is 0 Å². The van der Waals surface area contributed by atoms with Gasteiger partial charge in [-0.25, -0.2) is 4.98 Å². The molecule has 0 aliphatic carbocycles. The maximum atomic E-state index is 9.39. The fourth-order valence-electron chi connectivity index (χ4n) is 2.93. The Kier molecular flexibility index (Phi) is 5.80. The predicted octanol–water partition coefficient (Wildman–Crippen LogP) is 2.65. The number of hydrogen-bond donors (Lipinski definition) is 2. The van der Waals surface area contributed by atoms with Crippen LogP contribution in [-0.4, -0.2) is 40.2 Å². The molecule has 0 unspecified atom stereocenters. The summed E-state index contributed by atoms with van der Waals surface area (Å²) in [4.78, 5) is 9.73. The Labute approximate surface area is 138 Å². The van der Waals surface area contributed by atoms with E-state index in [0.29, 0.717) is 6.54 Å². The van der Waals surface area contributed by atoms with Crippen molar-refractivity contribution >= 4 is 0 Å². The van der Waals surface area contributed by atoms with Gasteiger partial charge >= 0.3 is 0 Å². The molecule has 0 aliphatic rings. The first kappa shape index (κ1) is 17.5. The van der Waals surface area contributed by atoms with Gasteiger partial charge in [-0.1, -0.05) is 0 Å². The van der Waals surface area contributed by atoms with Crippen molar-refractivity contribution in [2.75, 3.05) is 20.3 Å². The standard InChI is InChI=1S/C18H27N3O2/c1-12-8-18(23-5)14(3)13(2)17(12)11-21(6-7-22)10-16-9-19-15(4)20-16/h8-9,22H,6-7,10-11H2,1-5H3,(H,19,20). The molecule has 0 aliphatic heterocycles. The van der Waals surface area contributed by atoms with E-state index in [-0.39, 0.29) is 6.61 Å². The Balaban J connectivity index is 2.24. The second kappa shape index (κ2) is 7.62. The van der Waals surface area contributed by atoms with Crippen LogP contribution in [0.15, 0.2) is 12.3 Å². The van der Waals surface area contributed by atoms with E-state index in [1.165, 1.54) is 22.3 Å². The van der Waals surface area contributed by atoms with Crippen LogP contribution < -0.4 is 4.74 Å². The molecule has 2 rings (SSSR count). The van der Waals surface area contributed by atoms with E-state index in [1.54, 1.807) is 7.11 Å². The summed E-state index contributed by atoms with van der Waals surface area (Å²) in [6.45, 7) is 10.6. The van der Waals surface area contributed by atoms with Crippen molar-refractivity contribution < 1.29 is 9.84 Å². The predicted molar refractivity (Wildman–Crippen MR) is 91.7 cm³/mol. The molecular formula is C18H27N3O2. The van der Waals surface area contributed by atoms with Gasteiger partial charge in [0.1, 0.15) is 11.6 Å². The Hall–Kier alpha value is -1.85. The van der Waals surface area contributed by atoms with Crippen molar-refractivity contribution in [1.82, 2.24) is 14.9 Å². The second-order valence-electron chi connectivity index (χ2n) is 6.05. The number of aromatic amines is 1. The molecule has 0 radical (unpaired) electrons. The topological polar surface area (TPSA) is 61.4 Å². The Morgan fingerprint density at radius 2 is 1.91 bits per heavy atom. The maximum absolute atomic E-state index is 9.39. The number of H-pyrrole nitrogens is 1. The summed E-state index contributed by atoms with van der Waals surface area (Å²) in [5, 5.41) is 9.39. The molecule has 5 nitrogen and oxygen atoms in total. The molecule has 1 aromatic carbocycles. The van der Waals surface area contributed by atoms with E-state index in [1.807, 2.05) is 13.1 Å². The molecule has 0 spiro atoms. The monoisotopic (exact) mass is 317 g/mol. The number of aromatic nitrogens is 2. The largest absolute Gasteiger partial charge is 0.496 e. The number of nitrogens with zero attached hydrogens (tertiary/aromatic N) is 2. The van der Waals surface area contributed by atoms with Crippen LogP contribution in [0.4, 0.5) is 0 Å². The first-order chi connectivity index (χ1) is 11.0. The van der Waals surface area contributed by atoms with Crippen molar-refractivity contribution in [1.29, 1.82) is 0 Å². The molecule has 0 saturated carbocycles. The summed E-state index contributed by atoms with van der Waals surface area (Å²) < 4.78 is 5.45. The molecule has 1 heterocycles. The third kappa shape index (κ3) is 4.12. The molecule has 0 saturated heterocycles. The summed E-state index contributed by atoms with van der Waals surface area (Å²) >= 11 is 0. The van der Waals surface area contributed by atoms with Crippen LogP contribution in [0.2, 0.25) is 0 Å². The number of rotatable bonds is 7. The highest BCUT2D eigenvalue weighted by atomic mass is 16.5. The number of benzene rings is 1. The molecule has 2 aromatic rings. The maximum Gasteiger partial charge on any atom is 0.122 e. The zero-order chi connectivity index (χ0) is 17.0. The van der Waals surface area contributed by atoms with E-state index < -0.39 is 0 Å². The van der Waals surface area contributed by atoms with Gasteiger partial charge in [0, 0.05) is 31.5 Å². The number of ether oxygens (including phenoxy) is 1. The highest BCUT2D eigenvalue weighted by molar-refractivity contribution is 5.48.